The zero-order valence-corrected chi connectivity index (χ0v) is 12.3. The van der Waals surface area contributed by atoms with E-state index in [1.807, 2.05) is 18.2 Å². The molecule has 0 atom stereocenters. The fraction of sp³-hybridized carbons (Fsp3) is 0.471. The molecule has 0 amide bonds. The summed E-state index contributed by atoms with van der Waals surface area (Å²) < 4.78 is 0. The number of nitrogens with zero attached hydrogens (tertiary/aromatic N) is 1. The summed E-state index contributed by atoms with van der Waals surface area (Å²) in [6, 6.07) is 7.97. The van der Waals surface area contributed by atoms with Crippen LogP contribution in [-0.4, -0.2) is 23.0 Å². The van der Waals surface area contributed by atoms with E-state index in [1.165, 1.54) is 31.5 Å². The summed E-state index contributed by atoms with van der Waals surface area (Å²) in [4.78, 5) is 17.8. The molecule has 3 nitrogen and oxygen atoms in total. The zero-order chi connectivity index (χ0) is 14.1. The van der Waals surface area contributed by atoms with Crippen molar-refractivity contribution < 1.29 is 0 Å². The maximum absolute atomic E-state index is 12.2. The number of aromatic amines is 1. The second-order valence-corrected chi connectivity index (χ2v) is 6.03. The minimum absolute atomic E-state index is 0.0365. The van der Waals surface area contributed by atoms with Gasteiger partial charge in [-0.05, 0) is 48.9 Å². The molecule has 1 aliphatic rings. The summed E-state index contributed by atoms with van der Waals surface area (Å²) in [5, 5.41) is 1.93. The highest BCUT2D eigenvalue weighted by Gasteiger charge is 2.18. The van der Waals surface area contributed by atoms with Gasteiger partial charge >= 0.3 is 0 Å². The van der Waals surface area contributed by atoms with Crippen molar-refractivity contribution in [1.82, 2.24) is 9.88 Å². The van der Waals surface area contributed by atoms with Gasteiger partial charge in [-0.1, -0.05) is 32.0 Å². The van der Waals surface area contributed by atoms with E-state index in [2.05, 4.69) is 29.8 Å². The van der Waals surface area contributed by atoms with Crippen LogP contribution in [0.25, 0.3) is 10.8 Å². The van der Waals surface area contributed by atoms with E-state index in [-0.39, 0.29) is 5.56 Å². The van der Waals surface area contributed by atoms with Crippen LogP contribution in [0, 0.1) is 0 Å². The van der Waals surface area contributed by atoms with Gasteiger partial charge in [0.15, 0.2) is 0 Å². The van der Waals surface area contributed by atoms with Crippen LogP contribution in [0.5, 0.6) is 0 Å². The predicted molar refractivity (Wildman–Crippen MR) is 83.2 cm³/mol. The Bertz CT molecular complexity index is 666. The molecule has 2 aromatic rings. The Labute approximate surface area is 119 Å². The third-order valence-corrected chi connectivity index (χ3v) is 4.23. The van der Waals surface area contributed by atoms with Gasteiger partial charge in [-0.15, -0.1) is 0 Å². The van der Waals surface area contributed by atoms with E-state index in [0.29, 0.717) is 5.92 Å². The molecular formula is C17H22N2O. The lowest BCUT2D eigenvalue weighted by Gasteiger charge is -2.20. The van der Waals surface area contributed by atoms with E-state index >= 15 is 0 Å². The number of fused-ring (bicyclic) bond motifs is 1. The van der Waals surface area contributed by atoms with Crippen molar-refractivity contribution in [2.24, 2.45) is 0 Å². The van der Waals surface area contributed by atoms with Gasteiger partial charge in [-0.25, -0.2) is 0 Å². The molecule has 0 bridgehead atoms. The number of likely N-dealkylation sites (tertiary alicyclic amines) is 1. The Morgan fingerprint density at radius 3 is 2.45 bits per heavy atom. The number of pyridine rings is 1. The van der Waals surface area contributed by atoms with E-state index in [0.717, 1.165) is 23.0 Å². The van der Waals surface area contributed by atoms with E-state index in [9.17, 15) is 4.79 Å². The molecule has 1 saturated heterocycles. The molecule has 0 saturated carbocycles. The predicted octanol–water partition coefficient (Wildman–Crippen LogP) is 3.25. The van der Waals surface area contributed by atoms with Crippen LogP contribution in [0.4, 0.5) is 0 Å². The molecule has 1 fully saturated rings. The van der Waals surface area contributed by atoms with Gasteiger partial charge in [0.25, 0.3) is 5.56 Å². The quantitative estimate of drug-likeness (QED) is 0.929. The third-order valence-electron chi connectivity index (χ3n) is 4.23. The Kier molecular flexibility index (Phi) is 3.62. The fourth-order valence-electron chi connectivity index (χ4n) is 3.18. The van der Waals surface area contributed by atoms with Gasteiger partial charge in [0.1, 0.15) is 0 Å². The largest absolute Gasteiger partial charge is 0.325 e. The van der Waals surface area contributed by atoms with Crippen molar-refractivity contribution in [2.45, 2.75) is 39.2 Å². The molecule has 1 aliphatic heterocycles. The van der Waals surface area contributed by atoms with Crippen molar-refractivity contribution in [3.63, 3.8) is 0 Å². The molecule has 0 unspecified atom stereocenters. The summed E-state index contributed by atoms with van der Waals surface area (Å²) in [5.41, 5.74) is 2.44. The van der Waals surface area contributed by atoms with Crippen molar-refractivity contribution >= 4 is 10.8 Å². The number of nitrogens with one attached hydrogen (secondary N) is 1. The first-order chi connectivity index (χ1) is 9.66. The Balaban J connectivity index is 2.17. The van der Waals surface area contributed by atoms with E-state index in [1.54, 1.807) is 0 Å². The Morgan fingerprint density at radius 2 is 1.80 bits per heavy atom. The maximum atomic E-state index is 12.2. The first-order valence-electron chi connectivity index (χ1n) is 7.53. The molecule has 0 aliphatic carbocycles. The minimum atomic E-state index is 0.0365. The topological polar surface area (TPSA) is 36.1 Å². The van der Waals surface area contributed by atoms with Crippen LogP contribution in [0.1, 0.15) is 43.9 Å². The summed E-state index contributed by atoms with van der Waals surface area (Å²) in [5.74, 6) is 0.338. The van der Waals surface area contributed by atoms with Gasteiger partial charge < -0.3 is 4.98 Å². The van der Waals surface area contributed by atoms with Gasteiger partial charge in [-0.2, -0.15) is 0 Å². The maximum Gasteiger partial charge on any atom is 0.256 e. The number of benzene rings is 1. The smallest absolute Gasteiger partial charge is 0.256 e. The van der Waals surface area contributed by atoms with Crippen LogP contribution in [0.3, 0.4) is 0 Å². The first-order valence-corrected chi connectivity index (χ1v) is 7.53. The molecule has 0 spiro atoms. The lowest BCUT2D eigenvalue weighted by molar-refractivity contribution is 0.330. The molecule has 3 rings (SSSR count). The lowest BCUT2D eigenvalue weighted by Crippen LogP contribution is -2.22. The van der Waals surface area contributed by atoms with Crippen molar-refractivity contribution in [2.75, 3.05) is 13.1 Å². The lowest BCUT2D eigenvalue weighted by atomic mass is 9.97. The van der Waals surface area contributed by atoms with Crippen molar-refractivity contribution in [3.05, 3.63) is 45.9 Å². The van der Waals surface area contributed by atoms with Crippen LogP contribution in [-0.2, 0) is 6.54 Å². The van der Waals surface area contributed by atoms with Crippen molar-refractivity contribution in [1.29, 1.82) is 0 Å². The fourth-order valence-corrected chi connectivity index (χ4v) is 3.18. The normalized spacial score (nSPS) is 16.4. The molecule has 106 valence electrons. The molecule has 20 heavy (non-hydrogen) atoms. The zero-order valence-electron chi connectivity index (χ0n) is 12.3. The van der Waals surface area contributed by atoms with E-state index in [4.69, 9.17) is 0 Å². The Morgan fingerprint density at radius 1 is 1.15 bits per heavy atom. The monoisotopic (exact) mass is 270 g/mol. The molecule has 3 heteroatoms. The van der Waals surface area contributed by atoms with Crippen molar-refractivity contribution in [3.8, 4) is 0 Å². The van der Waals surface area contributed by atoms with Crippen LogP contribution < -0.4 is 5.56 Å². The second-order valence-electron chi connectivity index (χ2n) is 6.03. The minimum Gasteiger partial charge on any atom is -0.325 e. The third kappa shape index (κ3) is 2.38. The van der Waals surface area contributed by atoms with Crippen LogP contribution in [0.2, 0.25) is 0 Å². The molecule has 1 aromatic carbocycles. The molecule has 1 N–H and O–H groups in total. The molecule has 0 radical (unpaired) electrons. The highest BCUT2D eigenvalue weighted by Crippen LogP contribution is 2.26. The SMILES string of the molecule is CC(C)c1[nH]c(=O)c2ccccc2c1CN1CCCC1. The van der Waals surface area contributed by atoms with Gasteiger partial charge in [0.2, 0.25) is 0 Å². The van der Waals surface area contributed by atoms with Gasteiger partial charge in [-0.3, -0.25) is 9.69 Å². The first kappa shape index (κ1) is 13.4. The van der Waals surface area contributed by atoms with Gasteiger partial charge in [0.05, 0.1) is 0 Å². The number of H-pyrrole nitrogens is 1. The average molecular weight is 270 g/mol. The number of aromatic nitrogens is 1. The number of hydrogen-bond acceptors (Lipinski definition) is 2. The van der Waals surface area contributed by atoms with Crippen LogP contribution in [0.15, 0.2) is 29.1 Å². The molecule has 2 heterocycles. The van der Waals surface area contributed by atoms with Crippen LogP contribution >= 0.6 is 0 Å². The average Bonchev–Trinajstić information content (AvgIpc) is 2.94. The standard InChI is InChI=1S/C17H22N2O/c1-12(2)16-15(11-19-9-5-6-10-19)13-7-3-4-8-14(13)17(20)18-16/h3-4,7-8,12H,5-6,9-11H2,1-2H3,(H,18,20). The number of hydrogen-bond donors (Lipinski definition) is 1. The second kappa shape index (κ2) is 5.41. The molecular weight excluding hydrogens is 248 g/mol. The van der Waals surface area contributed by atoms with E-state index < -0.39 is 0 Å². The number of rotatable bonds is 3. The summed E-state index contributed by atoms with van der Waals surface area (Å²) in [6.07, 6.45) is 2.58. The Hall–Kier alpha value is -1.61. The molecule has 1 aromatic heterocycles. The summed E-state index contributed by atoms with van der Waals surface area (Å²) in [6.45, 7) is 7.59. The summed E-state index contributed by atoms with van der Waals surface area (Å²) >= 11 is 0. The van der Waals surface area contributed by atoms with Gasteiger partial charge in [0, 0.05) is 17.6 Å². The summed E-state index contributed by atoms with van der Waals surface area (Å²) in [7, 11) is 0. The highest BCUT2D eigenvalue weighted by atomic mass is 16.1. The highest BCUT2D eigenvalue weighted by molar-refractivity contribution is 5.85.